The highest BCUT2D eigenvalue weighted by atomic mass is 79.9. The molecule has 1 aromatic rings. The molecule has 0 saturated heterocycles. The van der Waals surface area contributed by atoms with Crippen molar-refractivity contribution < 1.29 is 8.42 Å². The van der Waals surface area contributed by atoms with Gasteiger partial charge in [0.2, 0.25) is 10.0 Å². The average molecular weight is 352 g/mol. The van der Waals surface area contributed by atoms with Gasteiger partial charge in [0.15, 0.2) is 0 Å². The van der Waals surface area contributed by atoms with Crippen LogP contribution in [-0.4, -0.2) is 27.0 Å². The quantitative estimate of drug-likeness (QED) is 0.767. The van der Waals surface area contributed by atoms with Gasteiger partial charge in [0.05, 0.1) is 4.90 Å². The molecule has 0 aromatic heterocycles. The summed E-state index contributed by atoms with van der Waals surface area (Å²) in [6.45, 7) is 2.37. The van der Waals surface area contributed by atoms with E-state index in [1.165, 1.54) is 0 Å². The van der Waals surface area contributed by atoms with Gasteiger partial charge >= 0.3 is 0 Å². The number of hydrogen-bond donors (Lipinski definition) is 1. The number of halogens is 1. The molecule has 0 fully saturated rings. The first kappa shape index (κ1) is 16.0. The van der Waals surface area contributed by atoms with Gasteiger partial charge in [0.25, 0.3) is 0 Å². The summed E-state index contributed by atoms with van der Waals surface area (Å²) in [4.78, 5) is 0.327. The van der Waals surface area contributed by atoms with Gasteiger partial charge in [-0.15, -0.1) is 0 Å². The van der Waals surface area contributed by atoms with E-state index in [1.54, 1.807) is 30.0 Å². The molecular weight excluding hydrogens is 334 g/mol. The maximum Gasteiger partial charge on any atom is 0.240 e. The third-order valence-electron chi connectivity index (χ3n) is 2.51. The minimum Gasteiger partial charge on any atom is -0.211 e. The predicted octanol–water partition coefficient (Wildman–Crippen LogP) is 3.18. The molecule has 0 saturated carbocycles. The Morgan fingerprint density at radius 3 is 2.67 bits per heavy atom. The lowest BCUT2D eigenvalue weighted by atomic mass is 10.2. The van der Waals surface area contributed by atoms with E-state index < -0.39 is 10.0 Å². The van der Waals surface area contributed by atoms with Crippen molar-refractivity contribution in [2.75, 3.05) is 18.6 Å². The predicted molar refractivity (Wildman–Crippen MR) is 81.7 cm³/mol. The summed E-state index contributed by atoms with van der Waals surface area (Å²) >= 11 is 5.14. The normalized spacial score (nSPS) is 11.7. The fourth-order valence-corrected chi connectivity index (χ4v) is 3.34. The van der Waals surface area contributed by atoms with Crippen LogP contribution in [0.5, 0.6) is 0 Å². The third-order valence-corrected chi connectivity index (χ3v) is 5.55. The molecule has 0 amide bonds. The number of hydrogen-bond acceptors (Lipinski definition) is 3. The van der Waals surface area contributed by atoms with E-state index in [2.05, 4.69) is 26.9 Å². The molecule has 1 aromatic carbocycles. The average Bonchev–Trinajstić information content (AvgIpc) is 2.32. The number of nitrogens with one attached hydrogen (secondary N) is 1. The Labute approximate surface area is 122 Å². The molecule has 0 unspecified atom stereocenters. The number of unbranched alkanes of at least 4 members (excludes halogenated alkanes) is 1. The van der Waals surface area contributed by atoms with Crippen molar-refractivity contribution in [1.82, 2.24) is 4.72 Å². The Bertz CT molecular complexity index is 489. The Morgan fingerprint density at radius 1 is 1.33 bits per heavy atom. The Kier molecular flexibility index (Phi) is 6.70. The van der Waals surface area contributed by atoms with Crippen molar-refractivity contribution in [3.63, 3.8) is 0 Å². The number of aryl methyl sites for hydroxylation is 1. The summed E-state index contributed by atoms with van der Waals surface area (Å²) in [6.07, 6.45) is 3.95. The summed E-state index contributed by atoms with van der Waals surface area (Å²) in [6, 6.07) is 5.05. The number of sulfonamides is 1. The van der Waals surface area contributed by atoms with E-state index in [1.807, 2.05) is 6.92 Å². The van der Waals surface area contributed by atoms with Crippen LogP contribution in [0.2, 0.25) is 0 Å². The van der Waals surface area contributed by atoms with Gasteiger partial charge in [-0.25, -0.2) is 13.1 Å². The first-order valence-corrected chi connectivity index (χ1v) is 9.39. The van der Waals surface area contributed by atoms with Gasteiger partial charge in [-0.1, -0.05) is 15.9 Å². The van der Waals surface area contributed by atoms with Crippen molar-refractivity contribution in [1.29, 1.82) is 0 Å². The second-order valence-corrected chi connectivity index (χ2v) is 7.62. The molecule has 0 spiro atoms. The van der Waals surface area contributed by atoms with E-state index in [0.717, 1.165) is 28.6 Å². The Balaban J connectivity index is 2.60. The summed E-state index contributed by atoms with van der Waals surface area (Å²) in [5.41, 5.74) is 0.917. The molecule has 0 radical (unpaired) electrons. The van der Waals surface area contributed by atoms with E-state index in [-0.39, 0.29) is 0 Å². The van der Waals surface area contributed by atoms with Crippen LogP contribution >= 0.6 is 27.7 Å². The highest BCUT2D eigenvalue weighted by Crippen LogP contribution is 2.19. The lowest BCUT2D eigenvalue weighted by molar-refractivity contribution is 0.578. The zero-order valence-electron chi connectivity index (χ0n) is 10.6. The largest absolute Gasteiger partial charge is 0.240 e. The summed E-state index contributed by atoms with van der Waals surface area (Å²) in [7, 11) is -3.36. The zero-order valence-corrected chi connectivity index (χ0v) is 13.8. The van der Waals surface area contributed by atoms with Crippen LogP contribution in [0.25, 0.3) is 0 Å². The molecule has 18 heavy (non-hydrogen) atoms. The van der Waals surface area contributed by atoms with Crippen molar-refractivity contribution in [2.24, 2.45) is 0 Å². The van der Waals surface area contributed by atoms with Crippen LogP contribution < -0.4 is 4.72 Å². The first-order chi connectivity index (χ1) is 8.47. The van der Waals surface area contributed by atoms with Crippen LogP contribution in [0.1, 0.15) is 18.4 Å². The summed E-state index contributed by atoms with van der Waals surface area (Å²) in [5.74, 6) is 1.07. The molecule has 102 valence electrons. The fraction of sp³-hybridized carbons (Fsp3) is 0.500. The number of benzene rings is 1. The van der Waals surface area contributed by atoms with Crippen LogP contribution in [0, 0.1) is 6.92 Å². The zero-order chi connectivity index (χ0) is 13.6. The molecule has 0 heterocycles. The minimum atomic E-state index is -3.36. The smallest absolute Gasteiger partial charge is 0.211 e. The molecule has 0 aliphatic heterocycles. The van der Waals surface area contributed by atoms with Crippen molar-refractivity contribution in [2.45, 2.75) is 24.7 Å². The topological polar surface area (TPSA) is 46.2 Å². The maximum absolute atomic E-state index is 12.0. The van der Waals surface area contributed by atoms with Gasteiger partial charge < -0.3 is 0 Å². The second kappa shape index (κ2) is 7.53. The van der Waals surface area contributed by atoms with Crippen molar-refractivity contribution in [3.8, 4) is 0 Å². The van der Waals surface area contributed by atoms with Gasteiger partial charge in [-0.3, -0.25) is 0 Å². The van der Waals surface area contributed by atoms with E-state index in [9.17, 15) is 8.42 Å². The molecular formula is C12H18BrNO2S2. The lowest BCUT2D eigenvalue weighted by Crippen LogP contribution is -2.25. The second-order valence-electron chi connectivity index (χ2n) is 4.01. The van der Waals surface area contributed by atoms with E-state index in [0.29, 0.717) is 11.4 Å². The Morgan fingerprint density at radius 2 is 2.06 bits per heavy atom. The Hall–Kier alpha value is -0.0400. The standard InChI is InChI=1S/C12H18BrNO2S2/c1-10-9-11(5-6-12(10)13)18(15,16)14-7-3-4-8-17-2/h5-6,9,14H,3-4,7-8H2,1-2H3. The van der Waals surface area contributed by atoms with Crippen molar-refractivity contribution >= 4 is 37.7 Å². The van der Waals surface area contributed by atoms with Crippen molar-refractivity contribution in [3.05, 3.63) is 28.2 Å². The molecule has 3 nitrogen and oxygen atoms in total. The highest BCUT2D eigenvalue weighted by molar-refractivity contribution is 9.10. The van der Waals surface area contributed by atoms with Gasteiger partial charge in [-0.2, -0.15) is 11.8 Å². The summed E-state index contributed by atoms with van der Waals surface area (Å²) < 4.78 is 27.5. The number of thioether (sulfide) groups is 1. The molecule has 1 rings (SSSR count). The molecule has 6 heteroatoms. The van der Waals surface area contributed by atoms with Crippen LogP contribution in [0.4, 0.5) is 0 Å². The molecule has 0 aliphatic rings. The maximum atomic E-state index is 12.0. The lowest BCUT2D eigenvalue weighted by Gasteiger charge is -2.08. The van der Waals surface area contributed by atoms with Gasteiger partial charge in [0, 0.05) is 11.0 Å². The van der Waals surface area contributed by atoms with Gasteiger partial charge in [-0.05, 0) is 55.5 Å². The fourth-order valence-electron chi connectivity index (χ4n) is 1.45. The molecule has 0 bridgehead atoms. The number of rotatable bonds is 7. The molecule has 1 N–H and O–H groups in total. The summed E-state index contributed by atoms with van der Waals surface area (Å²) in [5, 5.41) is 0. The molecule has 0 atom stereocenters. The monoisotopic (exact) mass is 351 g/mol. The van der Waals surface area contributed by atoms with Crippen LogP contribution in [0.3, 0.4) is 0 Å². The van der Waals surface area contributed by atoms with Crippen LogP contribution in [0.15, 0.2) is 27.6 Å². The van der Waals surface area contributed by atoms with E-state index >= 15 is 0 Å². The SMILES string of the molecule is CSCCCCNS(=O)(=O)c1ccc(Br)c(C)c1. The third kappa shape index (κ3) is 4.91. The van der Waals surface area contributed by atoms with E-state index in [4.69, 9.17) is 0 Å². The van der Waals surface area contributed by atoms with Gasteiger partial charge in [0.1, 0.15) is 0 Å². The molecule has 0 aliphatic carbocycles. The first-order valence-electron chi connectivity index (χ1n) is 5.72. The minimum absolute atomic E-state index is 0.327. The highest BCUT2D eigenvalue weighted by Gasteiger charge is 2.13. The van der Waals surface area contributed by atoms with Crippen LogP contribution in [-0.2, 0) is 10.0 Å².